The van der Waals surface area contributed by atoms with Crippen LogP contribution in [0.15, 0.2) is 103 Å². The van der Waals surface area contributed by atoms with Gasteiger partial charge >= 0.3 is 0 Å². The second kappa shape index (κ2) is 14.1. The van der Waals surface area contributed by atoms with Gasteiger partial charge in [-0.1, -0.05) is 97.6 Å². The van der Waals surface area contributed by atoms with Crippen molar-refractivity contribution in [2.45, 2.75) is 25.6 Å². The highest BCUT2D eigenvalue weighted by Crippen LogP contribution is 2.21. The minimum Gasteiger partial charge on any atom is -0.365 e. The van der Waals surface area contributed by atoms with Gasteiger partial charge in [0.05, 0.1) is 5.70 Å². The number of rotatable bonds is 10. The first-order valence-corrected chi connectivity index (χ1v) is 14.7. The van der Waals surface area contributed by atoms with E-state index in [1.807, 2.05) is 76.5 Å². The van der Waals surface area contributed by atoms with Crippen molar-refractivity contribution < 1.29 is 9.59 Å². The van der Waals surface area contributed by atoms with Crippen LogP contribution in [0.25, 0.3) is 0 Å². The molecule has 2 heterocycles. The molecule has 7 nitrogen and oxygen atoms in total. The molecule has 0 bridgehead atoms. The molecule has 2 saturated heterocycles. The Morgan fingerprint density at radius 2 is 1.24 bits per heavy atom. The summed E-state index contributed by atoms with van der Waals surface area (Å²) in [7, 11) is 0. The van der Waals surface area contributed by atoms with Crippen LogP contribution in [-0.4, -0.2) is 89.8 Å². The molecule has 2 amide bonds. The van der Waals surface area contributed by atoms with Crippen molar-refractivity contribution in [2.75, 3.05) is 52.4 Å². The highest BCUT2D eigenvalue weighted by Gasteiger charge is 2.36. The third kappa shape index (κ3) is 7.63. The van der Waals surface area contributed by atoms with Gasteiger partial charge < -0.3 is 20.0 Å². The van der Waals surface area contributed by atoms with E-state index >= 15 is 0 Å². The lowest BCUT2D eigenvalue weighted by molar-refractivity contribution is -0.146. The Hall–Kier alpha value is -3.94. The molecule has 0 radical (unpaired) electrons. The third-order valence-corrected chi connectivity index (χ3v) is 8.07. The van der Waals surface area contributed by atoms with E-state index < -0.39 is 6.04 Å². The Balaban J connectivity index is 1.38. The molecule has 0 aliphatic carbocycles. The van der Waals surface area contributed by atoms with Gasteiger partial charge in [-0.2, -0.15) is 0 Å². The second-order valence-corrected chi connectivity index (χ2v) is 10.9. The predicted molar refractivity (Wildman–Crippen MR) is 163 cm³/mol. The van der Waals surface area contributed by atoms with Gasteiger partial charge in [0.1, 0.15) is 6.04 Å². The number of hydrogen-bond donors (Lipinski definition) is 1. The Morgan fingerprint density at radius 1 is 0.707 bits per heavy atom. The minimum atomic E-state index is -0.634. The van der Waals surface area contributed by atoms with Gasteiger partial charge in [-0.3, -0.25) is 14.5 Å². The van der Waals surface area contributed by atoms with Crippen LogP contribution >= 0.6 is 0 Å². The zero-order valence-electron chi connectivity index (χ0n) is 23.8. The molecule has 2 aliphatic rings. The number of amides is 2. The maximum absolute atomic E-state index is 14.4. The van der Waals surface area contributed by atoms with Crippen molar-refractivity contribution in [1.29, 1.82) is 0 Å². The first-order chi connectivity index (χ1) is 20.1. The number of carbonyl (C=O) groups is 2. The van der Waals surface area contributed by atoms with Gasteiger partial charge in [0.25, 0.3) is 5.91 Å². The molecule has 0 aromatic heterocycles. The highest BCUT2D eigenvalue weighted by atomic mass is 16.2. The fourth-order valence-electron chi connectivity index (χ4n) is 5.69. The van der Waals surface area contributed by atoms with Gasteiger partial charge in [0.2, 0.25) is 5.91 Å². The topological polar surface area (TPSA) is 59.1 Å². The number of piperazine rings is 2. The lowest BCUT2D eigenvalue weighted by Gasteiger charge is -2.40. The molecule has 1 unspecified atom stereocenters. The third-order valence-electron chi connectivity index (χ3n) is 8.07. The van der Waals surface area contributed by atoms with E-state index in [1.54, 1.807) is 4.90 Å². The Kier molecular flexibility index (Phi) is 9.83. The summed E-state index contributed by atoms with van der Waals surface area (Å²) in [6, 6.07) is 29.8. The van der Waals surface area contributed by atoms with Crippen LogP contribution in [0.1, 0.15) is 16.7 Å². The summed E-state index contributed by atoms with van der Waals surface area (Å²) >= 11 is 0. The van der Waals surface area contributed by atoms with Crippen LogP contribution in [0.2, 0.25) is 0 Å². The van der Waals surface area contributed by atoms with Crippen LogP contribution in [-0.2, 0) is 29.1 Å². The summed E-state index contributed by atoms with van der Waals surface area (Å²) in [4.78, 5) is 36.7. The first kappa shape index (κ1) is 28.6. The molecule has 5 rings (SSSR count). The fraction of sp³-hybridized carbons (Fsp3) is 0.353. The maximum Gasteiger partial charge on any atom is 0.270 e. The normalized spacial score (nSPS) is 16.7. The Bertz CT molecular complexity index is 1270. The summed E-state index contributed by atoms with van der Waals surface area (Å²) in [6.45, 7) is 11.4. The smallest absolute Gasteiger partial charge is 0.270 e. The molecule has 7 heteroatoms. The van der Waals surface area contributed by atoms with Crippen molar-refractivity contribution in [2.24, 2.45) is 0 Å². The van der Waals surface area contributed by atoms with Gasteiger partial charge in [0.15, 0.2) is 0 Å². The zero-order valence-corrected chi connectivity index (χ0v) is 23.8. The van der Waals surface area contributed by atoms with Crippen LogP contribution in [0, 0.1) is 0 Å². The highest BCUT2D eigenvalue weighted by molar-refractivity contribution is 5.96. The van der Waals surface area contributed by atoms with Crippen molar-refractivity contribution in [3.63, 3.8) is 0 Å². The monoisotopic (exact) mass is 551 g/mol. The van der Waals surface area contributed by atoms with E-state index in [9.17, 15) is 9.59 Å². The molecule has 3 aromatic carbocycles. The summed E-state index contributed by atoms with van der Waals surface area (Å²) < 4.78 is 0. The average molecular weight is 552 g/mol. The van der Waals surface area contributed by atoms with Gasteiger partial charge in [-0.05, 0) is 16.7 Å². The molecule has 3 aromatic rings. The molecule has 2 fully saturated rings. The van der Waals surface area contributed by atoms with Crippen LogP contribution in [0.3, 0.4) is 0 Å². The van der Waals surface area contributed by atoms with Crippen molar-refractivity contribution in [1.82, 2.24) is 24.9 Å². The van der Waals surface area contributed by atoms with E-state index in [0.29, 0.717) is 31.8 Å². The van der Waals surface area contributed by atoms with E-state index in [4.69, 9.17) is 0 Å². The van der Waals surface area contributed by atoms with Crippen LogP contribution in [0.4, 0.5) is 0 Å². The SMILES string of the molecule is C=C(C(=O)N(Cc1ccccc1)C(Cc1ccccc1)C(=O)N1CCN(Cc2ccccc2)CC1)N1CCNCC1. The Morgan fingerprint density at radius 3 is 1.83 bits per heavy atom. The zero-order chi connectivity index (χ0) is 28.4. The number of nitrogens with one attached hydrogen (secondary N) is 1. The molecule has 41 heavy (non-hydrogen) atoms. The second-order valence-electron chi connectivity index (χ2n) is 10.9. The van der Waals surface area contributed by atoms with E-state index in [1.165, 1.54) is 5.56 Å². The van der Waals surface area contributed by atoms with Crippen LogP contribution in [0.5, 0.6) is 0 Å². The Labute approximate surface area is 244 Å². The predicted octanol–water partition coefficient (Wildman–Crippen LogP) is 3.39. The quantitative estimate of drug-likeness (QED) is 0.392. The van der Waals surface area contributed by atoms with E-state index in [2.05, 4.69) is 41.1 Å². The number of benzene rings is 3. The molecule has 214 valence electrons. The van der Waals surface area contributed by atoms with Crippen molar-refractivity contribution >= 4 is 11.8 Å². The minimum absolute atomic E-state index is 0.00519. The molecule has 0 spiro atoms. The molecule has 1 N–H and O–H groups in total. The maximum atomic E-state index is 14.4. The lowest BCUT2D eigenvalue weighted by Crippen LogP contribution is -2.57. The van der Waals surface area contributed by atoms with E-state index in [-0.39, 0.29) is 11.8 Å². The fourth-order valence-corrected chi connectivity index (χ4v) is 5.69. The summed E-state index contributed by atoms with van der Waals surface area (Å²) in [5, 5.41) is 3.34. The van der Waals surface area contributed by atoms with Gasteiger partial charge in [0, 0.05) is 71.9 Å². The molecular weight excluding hydrogens is 510 g/mol. The molecule has 1 atom stereocenters. The van der Waals surface area contributed by atoms with Gasteiger partial charge in [-0.15, -0.1) is 0 Å². The number of carbonyl (C=O) groups excluding carboxylic acids is 2. The summed E-state index contributed by atoms with van der Waals surface area (Å²) in [6.07, 6.45) is 0.456. The first-order valence-electron chi connectivity index (χ1n) is 14.7. The standard InChI is InChI=1S/C34H41N5O2/c1-28(37-19-17-35-18-20-37)33(40)39(27-31-15-9-4-10-16-31)32(25-29-11-5-2-6-12-29)34(41)38-23-21-36(22-24-38)26-30-13-7-3-8-14-30/h2-16,32,35H,1,17-27H2. The summed E-state index contributed by atoms with van der Waals surface area (Å²) in [5.41, 5.74) is 3.76. The van der Waals surface area contributed by atoms with Crippen molar-refractivity contribution in [3.8, 4) is 0 Å². The summed E-state index contributed by atoms with van der Waals surface area (Å²) in [5.74, 6) is -0.168. The van der Waals surface area contributed by atoms with Gasteiger partial charge in [-0.25, -0.2) is 0 Å². The van der Waals surface area contributed by atoms with Crippen LogP contribution < -0.4 is 5.32 Å². The largest absolute Gasteiger partial charge is 0.365 e. The molecule has 2 aliphatic heterocycles. The number of nitrogens with zero attached hydrogens (tertiary/aromatic N) is 4. The van der Waals surface area contributed by atoms with E-state index in [0.717, 1.165) is 56.9 Å². The number of hydrogen-bond acceptors (Lipinski definition) is 5. The lowest BCUT2D eigenvalue weighted by atomic mass is 10.0. The molecule has 0 saturated carbocycles. The molecular formula is C34H41N5O2. The average Bonchev–Trinajstić information content (AvgIpc) is 3.04. The van der Waals surface area contributed by atoms with Crippen molar-refractivity contribution in [3.05, 3.63) is 120 Å².